The Morgan fingerprint density at radius 1 is 0.382 bits per heavy atom. The van der Waals surface area contributed by atoms with E-state index in [9.17, 15) is 4.79 Å². The SMILES string of the molecule is CCCCCCCCCCCCCCCCCCSC(=O)CCCCCCCCCCCCC. The van der Waals surface area contributed by atoms with Gasteiger partial charge in [-0.05, 0) is 12.8 Å². The molecule has 0 aromatic rings. The molecule has 0 aliphatic heterocycles. The molecule has 0 N–H and O–H groups in total. The topological polar surface area (TPSA) is 17.1 Å². The Kier molecular flexibility index (Phi) is 31.1. The van der Waals surface area contributed by atoms with Gasteiger partial charge in [0.15, 0.2) is 5.12 Å². The van der Waals surface area contributed by atoms with Gasteiger partial charge in [-0.1, -0.05) is 186 Å². The van der Waals surface area contributed by atoms with Crippen molar-refractivity contribution in [2.75, 3.05) is 5.75 Å². The summed E-state index contributed by atoms with van der Waals surface area (Å²) < 4.78 is 0. The minimum Gasteiger partial charge on any atom is -0.287 e. The third-order valence-corrected chi connectivity index (χ3v) is 8.26. The van der Waals surface area contributed by atoms with Gasteiger partial charge in [-0.2, -0.15) is 0 Å². The number of carbonyl (C=O) groups is 1. The lowest BCUT2D eigenvalue weighted by molar-refractivity contribution is -0.111. The molecule has 0 radical (unpaired) electrons. The summed E-state index contributed by atoms with van der Waals surface area (Å²) in [6, 6.07) is 0. The molecule has 0 unspecified atom stereocenters. The van der Waals surface area contributed by atoms with Crippen molar-refractivity contribution in [2.24, 2.45) is 0 Å². The van der Waals surface area contributed by atoms with Gasteiger partial charge in [-0.15, -0.1) is 0 Å². The first-order chi connectivity index (χ1) is 16.8. The van der Waals surface area contributed by atoms with Gasteiger partial charge in [-0.3, -0.25) is 4.79 Å². The number of rotatable bonds is 29. The van der Waals surface area contributed by atoms with Crippen molar-refractivity contribution in [3.05, 3.63) is 0 Å². The van der Waals surface area contributed by atoms with E-state index >= 15 is 0 Å². The second-order valence-corrected chi connectivity index (χ2v) is 12.0. The predicted octanol–water partition coefficient (Wildman–Crippen LogP) is 12.2. The van der Waals surface area contributed by atoms with Crippen molar-refractivity contribution in [1.29, 1.82) is 0 Å². The fourth-order valence-corrected chi connectivity index (χ4v) is 5.71. The van der Waals surface area contributed by atoms with Gasteiger partial charge >= 0.3 is 0 Å². The summed E-state index contributed by atoms with van der Waals surface area (Å²) in [4.78, 5) is 12.0. The molecule has 2 heteroatoms. The maximum Gasteiger partial charge on any atom is 0.188 e. The Bertz CT molecular complexity index is 381. The van der Waals surface area contributed by atoms with E-state index in [1.807, 2.05) is 0 Å². The largest absolute Gasteiger partial charge is 0.287 e. The third kappa shape index (κ3) is 30.1. The maximum atomic E-state index is 12.0. The molecule has 0 atom stereocenters. The quantitative estimate of drug-likeness (QED) is 0.0957. The van der Waals surface area contributed by atoms with E-state index < -0.39 is 0 Å². The van der Waals surface area contributed by atoms with Gasteiger partial charge in [0.25, 0.3) is 0 Å². The van der Waals surface area contributed by atoms with Crippen molar-refractivity contribution < 1.29 is 4.79 Å². The van der Waals surface area contributed by atoms with E-state index in [1.165, 1.54) is 167 Å². The number of hydrogen-bond donors (Lipinski definition) is 0. The van der Waals surface area contributed by atoms with Crippen LogP contribution >= 0.6 is 11.8 Å². The molecule has 34 heavy (non-hydrogen) atoms. The molecule has 0 rings (SSSR count). The molecule has 1 nitrogen and oxygen atoms in total. The van der Waals surface area contributed by atoms with Gasteiger partial charge in [0.05, 0.1) is 0 Å². The van der Waals surface area contributed by atoms with Gasteiger partial charge in [0.2, 0.25) is 0 Å². The highest BCUT2D eigenvalue weighted by atomic mass is 32.2. The van der Waals surface area contributed by atoms with E-state index in [4.69, 9.17) is 0 Å². The maximum absolute atomic E-state index is 12.0. The highest BCUT2D eigenvalue weighted by Crippen LogP contribution is 2.17. The standard InChI is InChI=1S/C32H64OS/c1-3-5-7-9-11-13-15-16-17-18-19-21-23-25-27-29-31-34-32(33)30-28-26-24-22-20-14-12-10-8-6-4-2/h3-31H2,1-2H3. The van der Waals surface area contributed by atoms with E-state index in [0.29, 0.717) is 5.12 Å². The molecule has 0 aliphatic carbocycles. The Balaban J connectivity index is 3.13. The van der Waals surface area contributed by atoms with Crippen molar-refractivity contribution in [3.8, 4) is 0 Å². The summed E-state index contributed by atoms with van der Waals surface area (Å²) in [7, 11) is 0. The van der Waals surface area contributed by atoms with Crippen LogP contribution in [0.5, 0.6) is 0 Å². The van der Waals surface area contributed by atoms with Gasteiger partial charge < -0.3 is 0 Å². The lowest BCUT2D eigenvalue weighted by Crippen LogP contribution is -1.94. The molecule has 0 saturated carbocycles. The molecule has 0 spiro atoms. The van der Waals surface area contributed by atoms with Crippen LogP contribution in [-0.2, 0) is 4.79 Å². The normalized spacial score (nSPS) is 11.4. The Hall–Kier alpha value is 0.0200. The zero-order valence-electron chi connectivity index (χ0n) is 23.8. The fraction of sp³-hybridized carbons (Fsp3) is 0.969. The summed E-state index contributed by atoms with van der Waals surface area (Å²) in [5.41, 5.74) is 0. The van der Waals surface area contributed by atoms with Crippen molar-refractivity contribution in [2.45, 2.75) is 194 Å². The molecule has 204 valence electrons. The van der Waals surface area contributed by atoms with Gasteiger partial charge in [-0.25, -0.2) is 0 Å². The average molecular weight is 497 g/mol. The fourth-order valence-electron chi connectivity index (χ4n) is 4.84. The molecule has 0 fully saturated rings. The highest BCUT2D eigenvalue weighted by Gasteiger charge is 2.03. The van der Waals surface area contributed by atoms with Crippen LogP contribution < -0.4 is 0 Å². The first-order valence-corrected chi connectivity index (χ1v) is 17.0. The van der Waals surface area contributed by atoms with Crippen molar-refractivity contribution >= 4 is 16.9 Å². The summed E-state index contributed by atoms with van der Waals surface area (Å²) in [5.74, 6) is 1.05. The summed E-state index contributed by atoms with van der Waals surface area (Å²) in [6.45, 7) is 4.58. The number of thioether (sulfide) groups is 1. The second kappa shape index (κ2) is 31.1. The van der Waals surface area contributed by atoms with Crippen LogP contribution in [0.3, 0.4) is 0 Å². The first-order valence-electron chi connectivity index (χ1n) is 16.0. The van der Waals surface area contributed by atoms with Crippen LogP contribution in [0, 0.1) is 0 Å². The van der Waals surface area contributed by atoms with Crippen LogP contribution in [0.4, 0.5) is 0 Å². The zero-order chi connectivity index (χ0) is 24.8. The average Bonchev–Trinajstić information content (AvgIpc) is 2.84. The summed E-state index contributed by atoms with van der Waals surface area (Å²) >= 11 is 1.61. The van der Waals surface area contributed by atoms with Crippen LogP contribution in [-0.4, -0.2) is 10.9 Å². The number of unbranched alkanes of at least 4 members (excludes halogenated alkanes) is 25. The molecule has 0 amide bonds. The van der Waals surface area contributed by atoms with Crippen LogP contribution in [0.1, 0.15) is 194 Å². The van der Waals surface area contributed by atoms with Gasteiger partial charge in [0.1, 0.15) is 0 Å². The van der Waals surface area contributed by atoms with Crippen molar-refractivity contribution in [3.63, 3.8) is 0 Å². The zero-order valence-corrected chi connectivity index (χ0v) is 24.6. The monoisotopic (exact) mass is 496 g/mol. The highest BCUT2D eigenvalue weighted by molar-refractivity contribution is 8.13. The Morgan fingerprint density at radius 3 is 0.971 bits per heavy atom. The molecular weight excluding hydrogens is 432 g/mol. The Morgan fingerprint density at radius 2 is 0.647 bits per heavy atom. The molecule has 0 aromatic carbocycles. The van der Waals surface area contributed by atoms with Crippen LogP contribution in [0.2, 0.25) is 0 Å². The van der Waals surface area contributed by atoms with E-state index in [2.05, 4.69) is 13.8 Å². The van der Waals surface area contributed by atoms with Crippen LogP contribution in [0.15, 0.2) is 0 Å². The second-order valence-electron chi connectivity index (χ2n) is 10.8. The number of hydrogen-bond acceptors (Lipinski definition) is 2. The molecule has 0 saturated heterocycles. The molecule has 0 aromatic heterocycles. The van der Waals surface area contributed by atoms with Crippen LogP contribution in [0.25, 0.3) is 0 Å². The van der Waals surface area contributed by atoms with Gasteiger partial charge in [0, 0.05) is 12.2 Å². The first kappa shape index (κ1) is 34.0. The molecular formula is C32H64OS. The van der Waals surface area contributed by atoms with Crippen molar-refractivity contribution in [1.82, 2.24) is 0 Å². The number of carbonyl (C=O) groups excluding carboxylic acids is 1. The smallest absolute Gasteiger partial charge is 0.188 e. The van der Waals surface area contributed by atoms with E-state index in [1.54, 1.807) is 11.8 Å². The van der Waals surface area contributed by atoms with E-state index in [-0.39, 0.29) is 0 Å². The lowest BCUT2D eigenvalue weighted by Gasteiger charge is -2.04. The Labute approximate surface area is 220 Å². The predicted molar refractivity (Wildman–Crippen MR) is 158 cm³/mol. The summed E-state index contributed by atoms with van der Waals surface area (Å²) in [6.07, 6.45) is 38.3. The minimum absolute atomic E-state index is 0.442. The van der Waals surface area contributed by atoms with E-state index in [0.717, 1.165) is 18.6 Å². The third-order valence-electron chi connectivity index (χ3n) is 7.25. The molecule has 0 heterocycles. The molecule has 0 aliphatic rings. The summed E-state index contributed by atoms with van der Waals surface area (Å²) in [5, 5.41) is 0.442. The molecule has 0 bridgehead atoms. The lowest BCUT2D eigenvalue weighted by atomic mass is 10.0. The minimum atomic E-state index is 0.442.